The highest BCUT2D eigenvalue weighted by Gasteiger charge is 1.88. The number of hydrogen-bond acceptors (Lipinski definition) is 0. The number of rotatable bonds is 3. The van der Waals surface area contributed by atoms with E-state index in [1.165, 1.54) is 5.57 Å². The minimum Gasteiger partial charge on any atom is -0.0961 e. The molecule has 0 aliphatic heterocycles. The lowest BCUT2D eigenvalue weighted by Gasteiger charge is -1.97. The molecule has 0 aromatic rings. The van der Waals surface area contributed by atoms with Crippen LogP contribution in [0.2, 0.25) is 0 Å². The van der Waals surface area contributed by atoms with Crippen LogP contribution in [0.1, 0.15) is 20.8 Å². The summed E-state index contributed by atoms with van der Waals surface area (Å²) in [4.78, 5) is 0. The number of hydrogen-bond donors (Lipinski definition) is 0. The molecule has 0 N–H and O–H groups in total. The van der Waals surface area contributed by atoms with Gasteiger partial charge in [0.25, 0.3) is 0 Å². The molecular weight excluding hydrogens is 132 g/mol. The average Bonchev–Trinajstić information content (AvgIpc) is 1.98. The maximum absolute atomic E-state index is 3.90. The van der Waals surface area contributed by atoms with Crippen LogP contribution in [-0.2, 0) is 0 Å². The first-order valence-corrected chi connectivity index (χ1v) is 3.73. The van der Waals surface area contributed by atoms with Gasteiger partial charge in [0.05, 0.1) is 0 Å². The maximum atomic E-state index is 3.90. The summed E-state index contributed by atoms with van der Waals surface area (Å²) in [6.07, 6.45) is 6.00. The van der Waals surface area contributed by atoms with Gasteiger partial charge in [-0.15, -0.1) is 0 Å². The van der Waals surface area contributed by atoms with E-state index in [-0.39, 0.29) is 0 Å². The van der Waals surface area contributed by atoms with Gasteiger partial charge in [0.1, 0.15) is 0 Å². The van der Waals surface area contributed by atoms with Gasteiger partial charge in [-0.3, -0.25) is 0 Å². The molecule has 0 amide bonds. The standard InChI is InChI=1S/C11H16/c1-6-10(4)11(5)8-7-9(2)3/h6-8H,2,5H2,1,3-4H3. The van der Waals surface area contributed by atoms with E-state index in [2.05, 4.69) is 13.2 Å². The van der Waals surface area contributed by atoms with Crippen LogP contribution in [0.25, 0.3) is 0 Å². The van der Waals surface area contributed by atoms with Gasteiger partial charge in [0.2, 0.25) is 0 Å². The highest BCUT2D eigenvalue weighted by Crippen LogP contribution is 2.08. The van der Waals surface area contributed by atoms with Crippen LogP contribution >= 0.6 is 0 Å². The summed E-state index contributed by atoms with van der Waals surface area (Å²) in [5.41, 5.74) is 3.31. The Balaban J connectivity index is 4.19. The van der Waals surface area contributed by atoms with Crippen molar-refractivity contribution in [1.29, 1.82) is 0 Å². The minimum absolute atomic E-state index is 1.05. The average molecular weight is 148 g/mol. The summed E-state index contributed by atoms with van der Waals surface area (Å²) >= 11 is 0. The minimum atomic E-state index is 1.05. The van der Waals surface area contributed by atoms with Crippen molar-refractivity contribution in [2.75, 3.05) is 0 Å². The van der Waals surface area contributed by atoms with Crippen molar-refractivity contribution >= 4 is 0 Å². The molecule has 0 aliphatic rings. The van der Waals surface area contributed by atoms with Crippen LogP contribution < -0.4 is 0 Å². The Kier molecular flexibility index (Phi) is 4.28. The lowest BCUT2D eigenvalue weighted by Crippen LogP contribution is -1.76. The number of allylic oxidation sites excluding steroid dienone is 6. The molecule has 0 aromatic heterocycles. The Labute approximate surface area is 69.6 Å². The van der Waals surface area contributed by atoms with Gasteiger partial charge in [-0.2, -0.15) is 0 Å². The molecule has 11 heavy (non-hydrogen) atoms. The molecule has 60 valence electrons. The SMILES string of the molecule is C=C(C)C=CC(=C)C(C)=CC. The Bertz CT molecular complexity index is 214. The fourth-order valence-electron chi connectivity index (χ4n) is 0.560. The van der Waals surface area contributed by atoms with E-state index in [1.807, 2.05) is 39.0 Å². The summed E-state index contributed by atoms with van der Waals surface area (Å²) in [6, 6.07) is 0. The molecule has 0 saturated carbocycles. The molecule has 0 atom stereocenters. The molecule has 0 fully saturated rings. The maximum Gasteiger partial charge on any atom is -0.0303 e. The monoisotopic (exact) mass is 148 g/mol. The third-order valence-electron chi connectivity index (χ3n) is 1.51. The van der Waals surface area contributed by atoms with E-state index in [1.54, 1.807) is 0 Å². The van der Waals surface area contributed by atoms with Gasteiger partial charge < -0.3 is 0 Å². The molecule has 0 radical (unpaired) electrons. The van der Waals surface area contributed by atoms with E-state index < -0.39 is 0 Å². The summed E-state index contributed by atoms with van der Waals surface area (Å²) in [7, 11) is 0. The molecule has 0 spiro atoms. The van der Waals surface area contributed by atoms with Crippen LogP contribution in [0.15, 0.2) is 48.1 Å². The van der Waals surface area contributed by atoms with Crippen molar-refractivity contribution in [3.8, 4) is 0 Å². The van der Waals surface area contributed by atoms with Crippen molar-refractivity contribution in [2.45, 2.75) is 20.8 Å². The topological polar surface area (TPSA) is 0 Å². The predicted molar refractivity (Wildman–Crippen MR) is 52.5 cm³/mol. The molecule has 0 saturated heterocycles. The first-order chi connectivity index (χ1) is 5.07. The molecule has 0 unspecified atom stereocenters. The third-order valence-corrected chi connectivity index (χ3v) is 1.51. The third kappa shape index (κ3) is 4.38. The first kappa shape index (κ1) is 9.96. The predicted octanol–water partition coefficient (Wildman–Crippen LogP) is 3.64. The largest absolute Gasteiger partial charge is 0.0961 e. The van der Waals surface area contributed by atoms with Gasteiger partial charge in [-0.05, 0) is 31.9 Å². The molecule has 0 aromatic carbocycles. The molecule has 0 heterocycles. The highest BCUT2D eigenvalue weighted by atomic mass is 13.9. The lowest BCUT2D eigenvalue weighted by atomic mass is 10.1. The zero-order valence-corrected chi connectivity index (χ0v) is 7.65. The summed E-state index contributed by atoms with van der Waals surface area (Å²) in [5.74, 6) is 0. The van der Waals surface area contributed by atoms with E-state index in [0.29, 0.717) is 0 Å². The van der Waals surface area contributed by atoms with Gasteiger partial charge in [-0.1, -0.05) is 37.0 Å². The van der Waals surface area contributed by atoms with Crippen molar-refractivity contribution in [3.05, 3.63) is 48.1 Å². The second-order valence-electron chi connectivity index (χ2n) is 2.68. The lowest BCUT2D eigenvalue weighted by molar-refractivity contribution is 1.40. The summed E-state index contributed by atoms with van der Waals surface area (Å²) in [6.45, 7) is 13.7. The molecular formula is C11H16. The van der Waals surface area contributed by atoms with E-state index in [4.69, 9.17) is 0 Å². The van der Waals surface area contributed by atoms with E-state index in [0.717, 1.165) is 11.1 Å². The Hall–Kier alpha value is -1.04. The zero-order valence-electron chi connectivity index (χ0n) is 7.65. The normalized spacial score (nSPS) is 12.1. The smallest absolute Gasteiger partial charge is 0.0303 e. The molecule has 0 rings (SSSR count). The van der Waals surface area contributed by atoms with Crippen LogP contribution in [-0.4, -0.2) is 0 Å². The second kappa shape index (κ2) is 4.73. The Morgan fingerprint density at radius 2 is 1.64 bits per heavy atom. The fourth-order valence-corrected chi connectivity index (χ4v) is 0.560. The zero-order chi connectivity index (χ0) is 8.85. The van der Waals surface area contributed by atoms with Crippen LogP contribution in [0.4, 0.5) is 0 Å². The van der Waals surface area contributed by atoms with Gasteiger partial charge >= 0.3 is 0 Å². The summed E-state index contributed by atoms with van der Waals surface area (Å²) < 4.78 is 0. The van der Waals surface area contributed by atoms with Crippen molar-refractivity contribution < 1.29 is 0 Å². The van der Waals surface area contributed by atoms with E-state index in [9.17, 15) is 0 Å². The molecule has 0 bridgehead atoms. The van der Waals surface area contributed by atoms with E-state index >= 15 is 0 Å². The van der Waals surface area contributed by atoms with Crippen LogP contribution in [0, 0.1) is 0 Å². The van der Waals surface area contributed by atoms with Crippen molar-refractivity contribution in [3.63, 3.8) is 0 Å². The van der Waals surface area contributed by atoms with Gasteiger partial charge in [0.15, 0.2) is 0 Å². The van der Waals surface area contributed by atoms with Crippen LogP contribution in [0.3, 0.4) is 0 Å². The Morgan fingerprint density at radius 1 is 1.09 bits per heavy atom. The highest BCUT2D eigenvalue weighted by molar-refractivity contribution is 5.37. The van der Waals surface area contributed by atoms with Gasteiger partial charge in [-0.25, -0.2) is 0 Å². The second-order valence-corrected chi connectivity index (χ2v) is 2.68. The quantitative estimate of drug-likeness (QED) is 0.536. The summed E-state index contributed by atoms with van der Waals surface area (Å²) in [5, 5.41) is 0. The fraction of sp³-hybridized carbons (Fsp3) is 0.273. The Morgan fingerprint density at radius 3 is 2.00 bits per heavy atom. The van der Waals surface area contributed by atoms with Crippen molar-refractivity contribution in [2.24, 2.45) is 0 Å². The van der Waals surface area contributed by atoms with Gasteiger partial charge in [0, 0.05) is 0 Å². The van der Waals surface area contributed by atoms with Crippen molar-refractivity contribution in [1.82, 2.24) is 0 Å². The molecule has 0 nitrogen and oxygen atoms in total. The first-order valence-electron chi connectivity index (χ1n) is 3.73. The molecule has 0 aliphatic carbocycles. The molecule has 0 heteroatoms. The van der Waals surface area contributed by atoms with Crippen LogP contribution in [0.5, 0.6) is 0 Å².